The summed E-state index contributed by atoms with van der Waals surface area (Å²) in [7, 11) is 0. The highest BCUT2D eigenvalue weighted by Gasteiger charge is 2.08. The van der Waals surface area contributed by atoms with E-state index in [-0.39, 0.29) is 5.82 Å². The normalized spacial score (nSPS) is 11.3. The van der Waals surface area contributed by atoms with Crippen LogP contribution in [0.25, 0.3) is 22.2 Å². The summed E-state index contributed by atoms with van der Waals surface area (Å²) in [5, 5.41) is 8.21. The Morgan fingerprint density at radius 2 is 2.05 bits per heavy atom. The molecule has 0 radical (unpaired) electrons. The van der Waals surface area contributed by atoms with E-state index in [4.69, 9.17) is 4.74 Å². The number of rotatable bonds is 4. The summed E-state index contributed by atoms with van der Waals surface area (Å²) in [4.78, 5) is 4.23. The van der Waals surface area contributed by atoms with Gasteiger partial charge in [0.1, 0.15) is 5.82 Å². The fraction of sp³-hybridized carbons (Fsp3) is 0.125. The molecule has 0 spiro atoms. The van der Waals surface area contributed by atoms with Crippen molar-refractivity contribution in [3.63, 3.8) is 0 Å². The molecule has 106 valence electrons. The van der Waals surface area contributed by atoms with Gasteiger partial charge < -0.3 is 4.74 Å². The number of H-pyrrole nitrogens is 1. The highest BCUT2D eigenvalue weighted by atomic mass is 19.1. The van der Waals surface area contributed by atoms with E-state index in [1.807, 2.05) is 25.1 Å². The third-order valence-electron chi connectivity index (χ3n) is 3.11. The van der Waals surface area contributed by atoms with E-state index in [1.165, 1.54) is 18.5 Å². The molecule has 0 unspecified atom stereocenters. The van der Waals surface area contributed by atoms with Gasteiger partial charge in [-0.3, -0.25) is 5.10 Å². The number of benzene rings is 2. The highest BCUT2D eigenvalue weighted by Crippen LogP contribution is 2.29. The SMILES string of the molecule is CCOC=Nc1ccc2[nH]nc(-c3ccc(F)cc3)c2c1. The molecule has 0 fully saturated rings. The maximum Gasteiger partial charge on any atom is 0.174 e. The zero-order valence-electron chi connectivity index (χ0n) is 11.5. The topological polar surface area (TPSA) is 50.3 Å². The van der Waals surface area contributed by atoms with E-state index in [2.05, 4.69) is 15.2 Å². The molecule has 3 rings (SSSR count). The molecule has 0 bridgehead atoms. The first kappa shape index (κ1) is 13.3. The number of fused-ring (bicyclic) bond motifs is 1. The van der Waals surface area contributed by atoms with Crippen LogP contribution in [0.4, 0.5) is 10.1 Å². The Kier molecular flexibility index (Phi) is 3.64. The number of ether oxygens (including phenoxy) is 1. The Labute approximate surface area is 121 Å². The number of hydrogen-bond acceptors (Lipinski definition) is 3. The summed E-state index contributed by atoms with van der Waals surface area (Å²) in [5.41, 5.74) is 3.32. The second-order valence-corrected chi connectivity index (χ2v) is 4.50. The Morgan fingerprint density at radius 1 is 1.24 bits per heavy atom. The van der Waals surface area contributed by atoms with Gasteiger partial charge >= 0.3 is 0 Å². The molecular formula is C16H14FN3O. The third-order valence-corrected chi connectivity index (χ3v) is 3.11. The van der Waals surface area contributed by atoms with Crippen LogP contribution in [0, 0.1) is 5.82 Å². The van der Waals surface area contributed by atoms with Gasteiger partial charge in [-0.15, -0.1) is 0 Å². The molecule has 0 saturated heterocycles. The molecule has 21 heavy (non-hydrogen) atoms. The van der Waals surface area contributed by atoms with Gasteiger partial charge in [-0.25, -0.2) is 9.38 Å². The van der Waals surface area contributed by atoms with E-state index in [0.29, 0.717) is 6.61 Å². The molecular weight excluding hydrogens is 269 g/mol. The lowest BCUT2D eigenvalue weighted by molar-refractivity contribution is 0.344. The lowest BCUT2D eigenvalue weighted by Gasteiger charge is -1.99. The van der Waals surface area contributed by atoms with Crippen molar-refractivity contribution in [2.45, 2.75) is 6.92 Å². The van der Waals surface area contributed by atoms with Crippen molar-refractivity contribution in [2.24, 2.45) is 4.99 Å². The molecule has 5 heteroatoms. The first-order valence-electron chi connectivity index (χ1n) is 6.66. The van der Waals surface area contributed by atoms with Gasteiger partial charge in [-0.1, -0.05) is 0 Å². The predicted molar refractivity (Wildman–Crippen MR) is 81.3 cm³/mol. The predicted octanol–water partition coefficient (Wildman–Crippen LogP) is 4.07. The van der Waals surface area contributed by atoms with E-state index in [0.717, 1.165) is 27.8 Å². The van der Waals surface area contributed by atoms with Crippen LogP contribution in [0.1, 0.15) is 6.92 Å². The van der Waals surface area contributed by atoms with Crippen molar-refractivity contribution in [2.75, 3.05) is 6.61 Å². The van der Waals surface area contributed by atoms with Crippen LogP contribution in [0.2, 0.25) is 0 Å². The van der Waals surface area contributed by atoms with E-state index >= 15 is 0 Å². The summed E-state index contributed by atoms with van der Waals surface area (Å²) in [6, 6.07) is 12.0. The molecule has 0 saturated carbocycles. The molecule has 0 aliphatic carbocycles. The Balaban J connectivity index is 2.03. The average Bonchev–Trinajstić information content (AvgIpc) is 2.92. The van der Waals surface area contributed by atoms with Gasteiger partial charge in [0.05, 0.1) is 23.5 Å². The second-order valence-electron chi connectivity index (χ2n) is 4.50. The van der Waals surface area contributed by atoms with Crippen molar-refractivity contribution in [3.8, 4) is 11.3 Å². The molecule has 2 aromatic carbocycles. The van der Waals surface area contributed by atoms with Gasteiger partial charge in [0, 0.05) is 10.9 Å². The molecule has 1 heterocycles. The number of halogens is 1. The molecule has 0 amide bonds. The van der Waals surface area contributed by atoms with E-state index in [1.54, 1.807) is 12.1 Å². The minimum Gasteiger partial charge on any atom is -0.483 e. The summed E-state index contributed by atoms with van der Waals surface area (Å²) in [6.07, 6.45) is 1.43. The van der Waals surface area contributed by atoms with Crippen molar-refractivity contribution >= 4 is 23.0 Å². The van der Waals surface area contributed by atoms with Crippen molar-refractivity contribution in [1.82, 2.24) is 10.2 Å². The maximum atomic E-state index is 13.0. The maximum absolute atomic E-state index is 13.0. The van der Waals surface area contributed by atoms with Gasteiger partial charge in [-0.2, -0.15) is 5.10 Å². The zero-order valence-corrected chi connectivity index (χ0v) is 11.5. The third kappa shape index (κ3) is 2.76. The van der Waals surface area contributed by atoms with Gasteiger partial charge in [0.15, 0.2) is 6.40 Å². The number of aliphatic imine (C=N–C) groups is 1. The number of hydrogen-bond donors (Lipinski definition) is 1. The summed E-state index contributed by atoms with van der Waals surface area (Å²) < 4.78 is 18.1. The van der Waals surface area contributed by atoms with Crippen LogP contribution in [-0.2, 0) is 4.74 Å². The number of nitrogens with zero attached hydrogens (tertiary/aromatic N) is 2. The van der Waals surface area contributed by atoms with Crippen molar-refractivity contribution in [3.05, 3.63) is 48.3 Å². The zero-order chi connectivity index (χ0) is 14.7. The Hall–Kier alpha value is -2.69. The lowest BCUT2D eigenvalue weighted by Crippen LogP contribution is -1.83. The average molecular weight is 283 g/mol. The fourth-order valence-corrected chi connectivity index (χ4v) is 2.08. The first-order valence-corrected chi connectivity index (χ1v) is 6.66. The molecule has 3 aromatic rings. The van der Waals surface area contributed by atoms with Crippen molar-refractivity contribution < 1.29 is 9.13 Å². The Bertz CT molecular complexity index is 778. The second kappa shape index (κ2) is 5.75. The largest absolute Gasteiger partial charge is 0.483 e. The lowest BCUT2D eigenvalue weighted by atomic mass is 10.1. The van der Waals surface area contributed by atoms with Crippen molar-refractivity contribution in [1.29, 1.82) is 0 Å². The van der Waals surface area contributed by atoms with Crippen LogP contribution < -0.4 is 0 Å². The molecule has 0 aliphatic heterocycles. The molecule has 0 aliphatic rings. The number of nitrogens with one attached hydrogen (secondary N) is 1. The van der Waals surface area contributed by atoms with Crippen LogP contribution in [0.3, 0.4) is 0 Å². The highest BCUT2D eigenvalue weighted by molar-refractivity contribution is 5.94. The van der Waals surface area contributed by atoms with Crippen LogP contribution in [-0.4, -0.2) is 23.2 Å². The summed E-state index contributed by atoms with van der Waals surface area (Å²) in [5.74, 6) is -0.263. The summed E-state index contributed by atoms with van der Waals surface area (Å²) in [6.45, 7) is 2.48. The Morgan fingerprint density at radius 3 is 2.81 bits per heavy atom. The molecule has 0 atom stereocenters. The van der Waals surface area contributed by atoms with E-state index in [9.17, 15) is 4.39 Å². The standard InChI is InChI=1S/C16H14FN3O/c1-2-21-10-18-13-7-8-15-14(9-13)16(20-19-15)11-3-5-12(17)6-4-11/h3-10H,2H2,1H3,(H,19,20). The number of aromatic amines is 1. The van der Waals surface area contributed by atoms with Gasteiger partial charge in [-0.05, 0) is 49.4 Å². The molecule has 4 nitrogen and oxygen atoms in total. The summed E-state index contributed by atoms with van der Waals surface area (Å²) >= 11 is 0. The first-order chi connectivity index (χ1) is 10.3. The minimum absolute atomic E-state index is 0.263. The quantitative estimate of drug-likeness (QED) is 0.579. The monoisotopic (exact) mass is 283 g/mol. The molecule has 1 N–H and O–H groups in total. The van der Waals surface area contributed by atoms with Crippen LogP contribution in [0.15, 0.2) is 47.5 Å². The fourth-order valence-electron chi connectivity index (χ4n) is 2.08. The van der Waals surface area contributed by atoms with Crippen LogP contribution in [0.5, 0.6) is 0 Å². The van der Waals surface area contributed by atoms with Gasteiger partial charge in [0.2, 0.25) is 0 Å². The van der Waals surface area contributed by atoms with Gasteiger partial charge in [0.25, 0.3) is 0 Å². The smallest absolute Gasteiger partial charge is 0.174 e. The van der Waals surface area contributed by atoms with Crippen LogP contribution >= 0.6 is 0 Å². The number of aromatic nitrogens is 2. The molecule has 1 aromatic heterocycles. The van der Waals surface area contributed by atoms with E-state index < -0.39 is 0 Å². The minimum atomic E-state index is -0.263.